The Morgan fingerprint density at radius 1 is 1.55 bits per heavy atom. The first-order valence-electron chi connectivity index (χ1n) is 7.05. The third-order valence-corrected chi connectivity index (χ3v) is 4.64. The van der Waals surface area contributed by atoms with Crippen LogP contribution in [-0.2, 0) is 6.54 Å². The molecule has 2 atom stereocenters. The number of likely N-dealkylation sites (tertiary alicyclic amines) is 1. The summed E-state index contributed by atoms with van der Waals surface area (Å²) in [6.45, 7) is 4.74. The van der Waals surface area contributed by atoms with Crippen molar-refractivity contribution in [1.82, 2.24) is 15.0 Å². The van der Waals surface area contributed by atoms with Gasteiger partial charge in [0.2, 0.25) is 11.7 Å². The summed E-state index contributed by atoms with van der Waals surface area (Å²) >= 11 is 1.63. The molecule has 6 heteroatoms. The standard InChI is InChI=1S/C14H20N4OS/c1-10-2-4-18(12(6-10)7-15)8-13-16-14(17-19-13)11-3-5-20-9-11/h3,5,9-10,12H,2,4,6-8,15H2,1H3. The fraction of sp³-hybridized carbons (Fsp3) is 0.571. The Morgan fingerprint density at radius 3 is 3.20 bits per heavy atom. The van der Waals surface area contributed by atoms with Crippen LogP contribution in [-0.4, -0.2) is 34.2 Å². The van der Waals surface area contributed by atoms with E-state index in [4.69, 9.17) is 10.3 Å². The van der Waals surface area contributed by atoms with Gasteiger partial charge in [-0.2, -0.15) is 16.3 Å². The van der Waals surface area contributed by atoms with Gasteiger partial charge in [0, 0.05) is 23.5 Å². The molecular formula is C14H20N4OS. The van der Waals surface area contributed by atoms with E-state index in [2.05, 4.69) is 22.0 Å². The molecule has 108 valence electrons. The van der Waals surface area contributed by atoms with Gasteiger partial charge in [-0.3, -0.25) is 4.90 Å². The number of piperidine rings is 1. The Hall–Kier alpha value is -1.24. The van der Waals surface area contributed by atoms with Crippen LogP contribution in [0.2, 0.25) is 0 Å². The lowest BCUT2D eigenvalue weighted by molar-refractivity contribution is 0.102. The molecule has 1 aliphatic heterocycles. The lowest BCUT2D eigenvalue weighted by Gasteiger charge is -2.36. The van der Waals surface area contributed by atoms with Gasteiger partial charge in [0.05, 0.1) is 6.54 Å². The molecule has 0 bridgehead atoms. The molecule has 2 N–H and O–H groups in total. The number of hydrogen-bond donors (Lipinski definition) is 1. The number of aromatic nitrogens is 2. The number of nitrogens with two attached hydrogens (primary N) is 1. The van der Waals surface area contributed by atoms with Crippen LogP contribution in [0.5, 0.6) is 0 Å². The lowest BCUT2D eigenvalue weighted by atomic mass is 9.92. The molecule has 2 aromatic heterocycles. The van der Waals surface area contributed by atoms with Gasteiger partial charge in [0.1, 0.15) is 0 Å². The fourth-order valence-electron chi connectivity index (χ4n) is 2.76. The van der Waals surface area contributed by atoms with Crippen LogP contribution in [0.4, 0.5) is 0 Å². The number of nitrogens with zero attached hydrogens (tertiary/aromatic N) is 3. The summed E-state index contributed by atoms with van der Waals surface area (Å²) in [7, 11) is 0. The van der Waals surface area contributed by atoms with Crippen LogP contribution in [0.15, 0.2) is 21.3 Å². The summed E-state index contributed by atoms with van der Waals surface area (Å²) < 4.78 is 5.37. The van der Waals surface area contributed by atoms with Crippen molar-refractivity contribution in [3.8, 4) is 11.4 Å². The smallest absolute Gasteiger partial charge is 0.241 e. The normalized spacial score (nSPS) is 24.1. The number of hydrogen-bond acceptors (Lipinski definition) is 6. The molecule has 0 aromatic carbocycles. The maximum Gasteiger partial charge on any atom is 0.241 e. The third-order valence-electron chi connectivity index (χ3n) is 3.96. The van der Waals surface area contributed by atoms with E-state index < -0.39 is 0 Å². The molecule has 1 aliphatic rings. The zero-order valence-corrected chi connectivity index (χ0v) is 12.5. The summed E-state index contributed by atoms with van der Waals surface area (Å²) in [4.78, 5) is 6.85. The average molecular weight is 292 g/mol. The largest absolute Gasteiger partial charge is 0.338 e. The summed E-state index contributed by atoms with van der Waals surface area (Å²) in [6.07, 6.45) is 2.37. The molecule has 1 saturated heterocycles. The SMILES string of the molecule is CC1CCN(Cc2nc(-c3ccsc3)no2)C(CN)C1. The predicted octanol–water partition coefficient (Wildman–Crippen LogP) is 2.36. The van der Waals surface area contributed by atoms with E-state index in [1.54, 1.807) is 11.3 Å². The summed E-state index contributed by atoms with van der Waals surface area (Å²) in [5.41, 5.74) is 6.91. The maximum atomic E-state index is 5.88. The molecular weight excluding hydrogens is 272 g/mol. The fourth-order valence-corrected chi connectivity index (χ4v) is 3.39. The molecule has 2 aromatic rings. The molecule has 20 heavy (non-hydrogen) atoms. The topological polar surface area (TPSA) is 68.2 Å². The zero-order valence-electron chi connectivity index (χ0n) is 11.7. The van der Waals surface area contributed by atoms with Gasteiger partial charge < -0.3 is 10.3 Å². The highest BCUT2D eigenvalue weighted by Gasteiger charge is 2.26. The van der Waals surface area contributed by atoms with Gasteiger partial charge in [-0.1, -0.05) is 12.1 Å². The van der Waals surface area contributed by atoms with Gasteiger partial charge in [-0.25, -0.2) is 0 Å². The summed E-state index contributed by atoms with van der Waals surface area (Å²) in [6, 6.07) is 2.43. The minimum Gasteiger partial charge on any atom is -0.338 e. The average Bonchev–Trinajstić information content (AvgIpc) is 3.11. The van der Waals surface area contributed by atoms with Crippen molar-refractivity contribution in [2.24, 2.45) is 11.7 Å². The van der Waals surface area contributed by atoms with Crippen molar-refractivity contribution >= 4 is 11.3 Å². The maximum absolute atomic E-state index is 5.88. The van der Waals surface area contributed by atoms with Gasteiger partial charge in [-0.05, 0) is 36.8 Å². The first kappa shape index (κ1) is 13.7. The van der Waals surface area contributed by atoms with Gasteiger partial charge in [0.15, 0.2) is 0 Å². The Kier molecular flexibility index (Phi) is 4.14. The molecule has 0 saturated carbocycles. The van der Waals surface area contributed by atoms with Crippen LogP contribution < -0.4 is 5.73 Å². The second-order valence-electron chi connectivity index (χ2n) is 5.51. The number of thiophene rings is 1. The molecule has 2 unspecified atom stereocenters. The van der Waals surface area contributed by atoms with Crippen molar-refractivity contribution in [3.63, 3.8) is 0 Å². The molecule has 0 spiro atoms. The Balaban J connectivity index is 1.68. The van der Waals surface area contributed by atoms with E-state index in [0.717, 1.165) is 24.4 Å². The van der Waals surface area contributed by atoms with Gasteiger partial charge in [0.25, 0.3) is 0 Å². The summed E-state index contributed by atoms with van der Waals surface area (Å²) in [5, 5.41) is 8.10. The molecule has 0 aliphatic carbocycles. The van der Waals surface area contributed by atoms with E-state index in [0.29, 0.717) is 30.8 Å². The van der Waals surface area contributed by atoms with E-state index in [-0.39, 0.29) is 0 Å². The quantitative estimate of drug-likeness (QED) is 0.937. The van der Waals surface area contributed by atoms with Crippen LogP contribution in [0.1, 0.15) is 25.7 Å². The zero-order chi connectivity index (χ0) is 13.9. The monoisotopic (exact) mass is 292 g/mol. The Bertz CT molecular complexity index is 539. The highest BCUT2D eigenvalue weighted by molar-refractivity contribution is 7.08. The van der Waals surface area contributed by atoms with E-state index >= 15 is 0 Å². The van der Waals surface area contributed by atoms with Crippen LogP contribution in [0, 0.1) is 5.92 Å². The lowest BCUT2D eigenvalue weighted by Crippen LogP contribution is -2.45. The van der Waals surface area contributed by atoms with Crippen LogP contribution in [0.3, 0.4) is 0 Å². The molecule has 1 fully saturated rings. The second kappa shape index (κ2) is 6.03. The van der Waals surface area contributed by atoms with Crippen molar-refractivity contribution in [3.05, 3.63) is 22.7 Å². The molecule has 3 rings (SSSR count). The van der Waals surface area contributed by atoms with Crippen molar-refractivity contribution in [1.29, 1.82) is 0 Å². The van der Waals surface area contributed by atoms with Crippen LogP contribution in [0.25, 0.3) is 11.4 Å². The highest BCUT2D eigenvalue weighted by Crippen LogP contribution is 2.24. The molecule has 5 nitrogen and oxygen atoms in total. The van der Waals surface area contributed by atoms with E-state index in [1.165, 1.54) is 6.42 Å². The van der Waals surface area contributed by atoms with Crippen LogP contribution >= 0.6 is 11.3 Å². The third kappa shape index (κ3) is 2.92. The molecule has 3 heterocycles. The minimum atomic E-state index is 0.426. The highest BCUT2D eigenvalue weighted by atomic mass is 32.1. The first-order chi connectivity index (χ1) is 9.76. The molecule has 0 amide bonds. The number of rotatable bonds is 4. The van der Waals surface area contributed by atoms with Gasteiger partial charge in [-0.15, -0.1) is 0 Å². The van der Waals surface area contributed by atoms with Crippen molar-refractivity contribution < 1.29 is 4.52 Å². The van der Waals surface area contributed by atoms with Crippen molar-refractivity contribution in [2.75, 3.05) is 13.1 Å². The van der Waals surface area contributed by atoms with Crippen molar-refractivity contribution in [2.45, 2.75) is 32.4 Å². The molecule has 0 radical (unpaired) electrons. The second-order valence-corrected chi connectivity index (χ2v) is 6.29. The summed E-state index contributed by atoms with van der Waals surface area (Å²) in [5.74, 6) is 2.11. The first-order valence-corrected chi connectivity index (χ1v) is 8.00. The minimum absolute atomic E-state index is 0.426. The Morgan fingerprint density at radius 2 is 2.45 bits per heavy atom. The van der Waals surface area contributed by atoms with Gasteiger partial charge >= 0.3 is 0 Å². The van der Waals surface area contributed by atoms with E-state index in [1.807, 2.05) is 16.8 Å². The predicted molar refractivity (Wildman–Crippen MR) is 79.3 cm³/mol. The van der Waals surface area contributed by atoms with E-state index in [9.17, 15) is 0 Å². The Labute approximate surface area is 122 Å².